The topological polar surface area (TPSA) is 38.3 Å². The van der Waals surface area contributed by atoms with Crippen LogP contribution in [0.4, 0.5) is 0 Å². The van der Waals surface area contributed by atoms with Gasteiger partial charge in [0, 0.05) is 6.54 Å². The van der Waals surface area contributed by atoms with Gasteiger partial charge >= 0.3 is 5.97 Å². The molecule has 13 heavy (non-hydrogen) atoms. The molecule has 0 aliphatic carbocycles. The number of nitrogens with one attached hydrogen (secondary N) is 1. The zero-order chi connectivity index (χ0) is 10.3. The largest absolute Gasteiger partial charge is 0.464 e. The average Bonchev–Trinajstić information content (AvgIpc) is 2.02. The molecule has 0 aromatic heterocycles. The first kappa shape index (κ1) is 12.4. The minimum atomic E-state index is -0.384. The van der Waals surface area contributed by atoms with E-state index in [0.717, 1.165) is 19.5 Å². The zero-order valence-corrected chi connectivity index (χ0v) is 9.14. The molecule has 0 aromatic carbocycles. The summed E-state index contributed by atoms with van der Waals surface area (Å²) in [4.78, 5) is 11.2. The summed E-state index contributed by atoms with van der Waals surface area (Å²) in [6.07, 6.45) is 1.10. The molecule has 0 saturated heterocycles. The molecule has 0 rings (SSSR count). The van der Waals surface area contributed by atoms with Crippen LogP contribution in [-0.4, -0.2) is 25.7 Å². The lowest BCUT2D eigenvalue weighted by atomic mass is 9.97. The van der Waals surface area contributed by atoms with Gasteiger partial charge in [-0.05, 0) is 33.7 Å². The molecule has 0 saturated carbocycles. The average molecular weight is 187 g/mol. The van der Waals surface area contributed by atoms with E-state index in [2.05, 4.69) is 12.2 Å². The fourth-order valence-corrected chi connectivity index (χ4v) is 0.734. The van der Waals surface area contributed by atoms with E-state index in [-0.39, 0.29) is 11.4 Å². The molecule has 0 aliphatic rings. The maximum atomic E-state index is 11.2. The van der Waals surface area contributed by atoms with E-state index in [0.29, 0.717) is 6.61 Å². The summed E-state index contributed by atoms with van der Waals surface area (Å²) in [7, 11) is 0. The van der Waals surface area contributed by atoms with Gasteiger partial charge in [-0.2, -0.15) is 0 Å². The first-order valence-corrected chi connectivity index (χ1v) is 4.86. The Balaban J connectivity index is 3.38. The Labute approximate surface area is 80.8 Å². The fraction of sp³-hybridized carbons (Fsp3) is 0.900. The summed E-state index contributed by atoms with van der Waals surface area (Å²) in [6, 6.07) is 0. The van der Waals surface area contributed by atoms with Crippen LogP contribution in [0.25, 0.3) is 0 Å². The number of ether oxygens (including phenoxy) is 1. The van der Waals surface area contributed by atoms with Crippen LogP contribution < -0.4 is 5.32 Å². The third kappa shape index (κ3) is 6.58. The van der Waals surface area contributed by atoms with Gasteiger partial charge in [0.2, 0.25) is 0 Å². The number of esters is 1. The molecule has 0 bridgehead atoms. The smallest absolute Gasteiger partial charge is 0.311 e. The Bertz CT molecular complexity index is 149. The molecule has 0 atom stereocenters. The van der Waals surface area contributed by atoms with Crippen LogP contribution in [0.15, 0.2) is 0 Å². The van der Waals surface area contributed by atoms with Crippen molar-refractivity contribution >= 4 is 5.97 Å². The first-order valence-electron chi connectivity index (χ1n) is 4.86. The third-order valence-corrected chi connectivity index (χ3v) is 1.55. The summed E-state index contributed by atoms with van der Waals surface area (Å²) in [6.45, 7) is 9.87. The third-order valence-electron chi connectivity index (χ3n) is 1.55. The van der Waals surface area contributed by atoms with Gasteiger partial charge in [-0.1, -0.05) is 6.92 Å². The second-order valence-electron chi connectivity index (χ2n) is 4.14. The Hall–Kier alpha value is -0.570. The fourth-order valence-electron chi connectivity index (χ4n) is 0.734. The molecule has 0 radical (unpaired) electrons. The Morgan fingerprint density at radius 1 is 1.31 bits per heavy atom. The van der Waals surface area contributed by atoms with Crippen LogP contribution in [0.5, 0.6) is 0 Å². The molecule has 1 N–H and O–H groups in total. The van der Waals surface area contributed by atoms with Crippen molar-refractivity contribution in [3.63, 3.8) is 0 Å². The lowest BCUT2D eigenvalue weighted by molar-refractivity contribution is -0.152. The number of hydrogen-bond donors (Lipinski definition) is 1. The van der Waals surface area contributed by atoms with Gasteiger partial charge in [0.25, 0.3) is 0 Å². The summed E-state index contributed by atoms with van der Waals surface area (Å²) < 4.78 is 5.05. The van der Waals surface area contributed by atoms with E-state index in [1.807, 2.05) is 20.8 Å². The molecule has 0 spiro atoms. The highest BCUT2D eigenvalue weighted by molar-refractivity contribution is 5.75. The summed E-state index contributed by atoms with van der Waals surface area (Å²) in [5.74, 6) is -0.134. The number of carbonyl (C=O) groups is 1. The van der Waals surface area contributed by atoms with Gasteiger partial charge in [-0.3, -0.25) is 4.79 Å². The molecule has 0 aliphatic heterocycles. The second kappa shape index (κ2) is 5.97. The van der Waals surface area contributed by atoms with Gasteiger partial charge in [0.15, 0.2) is 0 Å². The predicted octanol–water partition coefficient (Wildman–Crippen LogP) is 1.58. The van der Waals surface area contributed by atoms with E-state index < -0.39 is 0 Å². The van der Waals surface area contributed by atoms with Crippen molar-refractivity contribution in [2.45, 2.75) is 34.1 Å². The van der Waals surface area contributed by atoms with E-state index >= 15 is 0 Å². The summed E-state index contributed by atoms with van der Waals surface area (Å²) in [5.41, 5.74) is -0.384. The van der Waals surface area contributed by atoms with Crippen LogP contribution in [0.1, 0.15) is 34.1 Å². The molecular formula is C10H21NO2. The van der Waals surface area contributed by atoms with Crippen molar-refractivity contribution in [2.75, 3.05) is 19.7 Å². The highest BCUT2D eigenvalue weighted by atomic mass is 16.5. The standard InChI is InChI=1S/C10H21NO2/c1-5-6-11-7-8-13-9(12)10(2,3)4/h11H,5-8H2,1-4H3. The SMILES string of the molecule is CCCNCCOC(=O)C(C)(C)C. The van der Waals surface area contributed by atoms with Crippen molar-refractivity contribution < 1.29 is 9.53 Å². The van der Waals surface area contributed by atoms with E-state index in [1.165, 1.54) is 0 Å². The van der Waals surface area contributed by atoms with E-state index in [4.69, 9.17) is 4.74 Å². The van der Waals surface area contributed by atoms with Gasteiger partial charge in [0.05, 0.1) is 5.41 Å². The van der Waals surface area contributed by atoms with Gasteiger partial charge in [-0.25, -0.2) is 0 Å². The molecule has 3 nitrogen and oxygen atoms in total. The second-order valence-corrected chi connectivity index (χ2v) is 4.14. The number of rotatable bonds is 5. The number of hydrogen-bond acceptors (Lipinski definition) is 3. The molecular weight excluding hydrogens is 166 g/mol. The van der Waals surface area contributed by atoms with Crippen LogP contribution in [-0.2, 0) is 9.53 Å². The van der Waals surface area contributed by atoms with E-state index in [1.54, 1.807) is 0 Å². The molecule has 0 fully saturated rings. The minimum Gasteiger partial charge on any atom is -0.464 e. The maximum Gasteiger partial charge on any atom is 0.311 e. The molecule has 0 heterocycles. The first-order chi connectivity index (χ1) is 5.98. The van der Waals surface area contributed by atoms with Gasteiger partial charge < -0.3 is 10.1 Å². The lowest BCUT2D eigenvalue weighted by Gasteiger charge is -2.16. The predicted molar refractivity (Wildman–Crippen MR) is 53.6 cm³/mol. The normalized spacial score (nSPS) is 11.4. The van der Waals surface area contributed by atoms with Crippen molar-refractivity contribution in [3.05, 3.63) is 0 Å². The zero-order valence-electron chi connectivity index (χ0n) is 9.14. The molecule has 3 heteroatoms. The van der Waals surface area contributed by atoms with Crippen LogP contribution in [0.2, 0.25) is 0 Å². The maximum absolute atomic E-state index is 11.2. The van der Waals surface area contributed by atoms with Gasteiger partial charge in [0.1, 0.15) is 6.61 Å². The van der Waals surface area contributed by atoms with Crippen molar-refractivity contribution in [3.8, 4) is 0 Å². The molecule has 0 unspecified atom stereocenters. The van der Waals surface area contributed by atoms with E-state index in [9.17, 15) is 4.79 Å². The quantitative estimate of drug-likeness (QED) is 0.524. The van der Waals surface area contributed by atoms with Crippen molar-refractivity contribution in [1.82, 2.24) is 5.32 Å². The Kier molecular flexibility index (Phi) is 5.71. The monoisotopic (exact) mass is 187 g/mol. The summed E-state index contributed by atoms with van der Waals surface area (Å²) in [5, 5.41) is 3.16. The minimum absolute atomic E-state index is 0.134. The highest BCUT2D eigenvalue weighted by Gasteiger charge is 2.22. The lowest BCUT2D eigenvalue weighted by Crippen LogP contribution is -2.27. The molecule has 78 valence electrons. The Morgan fingerprint density at radius 2 is 1.92 bits per heavy atom. The van der Waals surface area contributed by atoms with Crippen LogP contribution in [0.3, 0.4) is 0 Å². The number of carbonyl (C=O) groups excluding carboxylic acids is 1. The van der Waals surface area contributed by atoms with Crippen LogP contribution >= 0.6 is 0 Å². The van der Waals surface area contributed by atoms with Crippen molar-refractivity contribution in [2.24, 2.45) is 5.41 Å². The highest BCUT2D eigenvalue weighted by Crippen LogP contribution is 2.14. The Morgan fingerprint density at radius 3 is 2.38 bits per heavy atom. The van der Waals surface area contributed by atoms with Gasteiger partial charge in [-0.15, -0.1) is 0 Å². The van der Waals surface area contributed by atoms with Crippen molar-refractivity contribution in [1.29, 1.82) is 0 Å². The summed E-state index contributed by atoms with van der Waals surface area (Å²) >= 11 is 0. The molecule has 0 aromatic rings. The molecule has 0 amide bonds. The van der Waals surface area contributed by atoms with Crippen LogP contribution in [0, 0.1) is 5.41 Å².